The van der Waals surface area contributed by atoms with Crippen molar-refractivity contribution in [1.82, 2.24) is 0 Å². The standard InChI is InChI=1S/C30H28N2O2/c31-29(33)26-19-24(34-20-23-15-18-32(23)22-9-2-1-3-10-22)13-14-28(26)30(16-17-30)27-12-6-8-21-7-4-5-11-25(21)27/h1-14,19,23H,15-18,20H2,(H2,31,33). The summed E-state index contributed by atoms with van der Waals surface area (Å²) in [7, 11) is 0. The predicted molar refractivity (Wildman–Crippen MR) is 137 cm³/mol. The SMILES string of the molecule is NC(=O)c1cc(OCC2CCN2c2ccccc2)ccc1C1(c2cccc3ccccc23)CC1. The van der Waals surface area contributed by atoms with Gasteiger partial charge in [0, 0.05) is 23.2 Å². The zero-order chi connectivity index (χ0) is 23.1. The Labute approximate surface area is 200 Å². The Hall–Kier alpha value is -3.79. The van der Waals surface area contributed by atoms with E-state index < -0.39 is 5.91 Å². The molecule has 1 atom stereocenters. The first-order valence-corrected chi connectivity index (χ1v) is 12.0. The van der Waals surface area contributed by atoms with Gasteiger partial charge in [-0.3, -0.25) is 4.79 Å². The number of amides is 1. The van der Waals surface area contributed by atoms with Crippen molar-refractivity contribution < 1.29 is 9.53 Å². The third-order valence-electron chi connectivity index (χ3n) is 7.50. The molecule has 1 saturated heterocycles. The second kappa shape index (κ2) is 8.21. The maximum absolute atomic E-state index is 12.5. The summed E-state index contributed by atoms with van der Waals surface area (Å²) >= 11 is 0. The van der Waals surface area contributed by atoms with E-state index in [1.165, 1.54) is 22.0 Å². The van der Waals surface area contributed by atoms with Gasteiger partial charge in [-0.25, -0.2) is 0 Å². The number of carbonyl (C=O) groups excluding carboxylic acids is 1. The lowest BCUT2D eigenvalue weighted by atomic mass is 9.82. The van der Waals surface area contributed by atoms with Crippen molar-refractivity contribution in [2.45, 2.75) is 30.7 Å². The van der Waals surface area contributed by atoms with Crippen LogP contribution in [0.1, 0.15) is 40.7 Å². The van der Waals surface area contributed by atoms with Gasteiger partial charge in [0.25, 0.3) is 0 Å². The minimum Gasteiger partial charge on any atom is -0.491 e. The average Bonchev–Trinajstić information content (AvgIpc) is 3.65. The topological polar surface area (TPSA) is 55.6 Å². The molecule has 1 heterocycles. The Morgan fingerprint density at radius 2 is 1.68 bits per heavy atom. The molecule has 4 aromatic rings. The average molecular weight is 449 g/mol. The minimum atomic E-state index is -0.401. The molecule has 1 aliphatic carbocycles. The lowest BCUT2D eigenvalue weighted by molar-refractivity contribution is 0.0998. The van der Waals surface area contributed by atoms with Gasteiger partial charge in [-0.1, -0.05) is 66.7 Å². The molecule has 1 amide bonds. The van der Waals surface area contributed by atoms with Gasteiger partial charge < -0.3 is 15.4 Å². The maximum Gasteiger partial charge on any atom is 0.249 e. The molecule has 170 valence electrons. The number of ether oxygens (including phenoxy) is 1. The van der Waals surface area contributed by atoms with E-state index in [1.54, 1.807) is 0 Å². The smallest absolute Gasteiger partial charge is 0.249 e. The molecule has 2 aliphatic rings. The lowest BCUT2D eigenvalue weighted by Crippen LogP contribution is -2.51. The van der Waals surface area contributed by atoms with Crippen LogP contribution in [0.15, 0.2) is 91.0 Å². The first-order chi connectivity index (χ1) is 16.7. The van der Waals surface area contributed by atoms with Crippen LogP contribution in [0.5, 0.6) is 5.75 Å². The summed E-state index contributed by atoms with van der Waals surface area (Å²) in [5.41, 5.74) is 9.80. The molecule has 0 aromatic heterocycles. The number of nitrogens with two attached hydrogens (primary N) is 1. The Balaban J connectivity index is 1.27. The van der Waals surface area contributed by atoms with Crippen molar-refractivity contribution in [2.24, 2.45) is 5.73 Å². The molecule has 4 aromatic carbocycles. The Bertz CT molecular complexity index is 1360. The Morgan fingerprint density at radius 1 is 0.912 bits per heavy atom. The number of rotatable bonds is 7. The fourth-order valence-electron chi connectivity index (χ4n) is 5.45. The fraction of sp³-hybridized carbons (Fsp3) is 0.233. The number of anilines is 1. The van der Waals surface area contributed by atoms with E-state index in [0.717, 1.165) is 31.4 Å². The number of primary amides is 1. The number of hydrogen-bond acceptors (Lipinski definition) is 3. The summed E-state index contributed by atoms with van der Waals surface area (Å²) in [6, 6.07) is 31.5. The van der Waals surface area contributed by atoms with Gasteiger partial charge in [-0.05, 0) is 65.4 Å². The monoisotopic (exact) mass is 448 g/mol. The number of carbonyl (C=O) groups is 1. The third kappa shape index (κ3) is 3.50. The minimum absolute atomic E-state index is 0.165. The van der Waals surface area contributed by atoms with Crippen LogP contribution in [-0.4, -0.2) is 25.1 Å². The summed E-state index contributed by atoms with van der Waals surface area (Å²) in [6.45, 7) is 1.62. The van der Waals surface area contributed by atoms with E-state index in [-0.39, 0.29) is 5.41 Å². The van der Waals surface area contributed by atoms with Crippen LogP contribution in [0.2, 0.25) is 0 Å². The molecular formula is C30H28N2O2. The molecule has 6 rings (SSSR count). The van der Waals surface area contributed by atoms with Gasteiger partial charge in [-0.15, -0.1) is 0 Å². The molecule has 2 fully saturated rings. The normalized spacial score (nSPS) is 18.4. The molecule has 2 N–H and O–H groups in total. The maximum atomic E-state index is 12.5. The lowest BCUT2D eigenvalue weighted by Gasteiger charge is -2.42. The van der Waals surface area contributed by atoms with E-state index in [4.69, 9.17) is 10.5 Å². The van der Waals surface area contributed by atoms with Gasteiger partial charge in [0.05, 0.1) is 6.04 Å². The van der Waals surface area contributed by atoms with E-state index in [0.29, 0.717) is 24.0 Å². The van der Waals surface area contributed by atoms with Gasteiger partial charge in [0.2, 0.25) is 5.91 Å². The van der Waals surface area contributed by atoms with Crippen LogP contribution in [0.25, 0.3) is 10.8 Å². The van der Waals surface area contributed by atoms with Crippen LogP contribution >= 0.6 is 0 Å². The predicted octanol–water partition coefficient (Wildman–Crippen LogP) is 5.68. The van der Waals surface area contributed by atoms with E-state index in [2.05, 4.69) is 77.7 Å². The molecule has 1 unspecified atom stereocenters. The van der Waals surface area contributed by atoms with Crippen molar-refractivity contribution >= 4 is 22.4 Å². The molecule has 0 bridgehead atoms. The van der Waals surface area contributed by atoms with Crippen molar-refractivity contribution in [3.05, 3.63) is 108 Å². The van der Waals surface area contributed by atoms with E-state index in [1.807, 2.05) is 18.2 Å². The second-order valence-electron chi connectivity index (χ2n) is 9.46. The number of fused-ring (bicyclic) bond motifs is 1. The van der Waals surface area contributed by atoms with Crippen molar-refractivity contribution in [3.8, 4) is 5.75 Å². The molecule has 1 saturated carbocycles. The van der Waals surface area contributed by atoms with Crippen LogP contribution < -0.4 is 15.4 Å². The number of para-hydroxylation sites is 1. The highest BCUT2D eigenvalue weighted by Gasteiger charge is 2.48. The largest absolute Gasteiger partial charge is 0.491 e. The van der Waals surface area contributed by atoms with Gasteiger partial charge >= 0.3 is 0 Å². The van der Waals surface area contributed by atoms with Gasteiger partial charge in [-0.2, -0.15) is 0 Å². The number of hydrogen-bond donors (Lipinski definition) is 1. The Morgan fingerprint density at radius 3 is 2.41 bits per heavy atom. The summed E-state index contributed by atoms with van der Waals surface area (Å²) < 4.78 is 6.17. The summed E-state index contributed by atoms with van der Waals surface area (Å²) in [4.78, 5) is 14.9. The molecule has 1 aliphatic heterocycles. The molecule has 0 radical (unpaired) electrons. The third-order valence-corrected chi connectivity index (χ3v) is 7.50. The zero-order valence-corrected chi connectivity index (χ0v) is 19.1. The molecule has 4 heteroatoms. The van der Waals surface area contributed by atoms with Crippen molar-refractivity contribution in [1.29, 1.82) is 0 Å². The van der Waals surface area contributed by atoms with Gasteiger partial charge in [0.1, 0.15) is 12.4 Å². The van der Waals surface area contributed by atoms with Crippen LogP contribution in [-0.2, 0) is 5.41 Å². The second-order valence-corrected chi connectivity index (χ2v) is 9.46. The first kappa shape index (κ1) is 20.8. The molecular weight excluding hydrogens is 420 g/mol. The summed E-state index contributed by atoms with van der Waals surface area (Å²) in [6.07, 6.45) is 3.12. The summed E-state index contributed by atoms with van der Waals surface area (Å²) in [5.74, 6) is 0.299. The molecule has 34 heavy (non-hydrogen) atoms. The van der Waals surface area contributed by atoms with E-state index in [9.17, 15) is 4.79 Å². The highest BCUT2D eigenvalue weighted by Crippen LogP contribution is 2.56. The molecule has 4 nitrogen and oxygen atoms in total. The Kier molecular flexibility index (Phi) is 5.02. The number of benzene rings is 4. The van der Waals surface area contributed by atoms with Crippen LogP contribution in [0.4, 0.5) is 5.69 Å². The van der Waals surface area contributed by atoms with Crippen molar-refractivity contribution in [2.75, 3.05) is 18.1 Å². The highest BCUT2D eigenvalue weighted by molar-refractivity contribution is 5.96. The van der Waals surface area contributed by atoms with Crippen LogP contribution in [0.3, 0.4) is 0 Å². The quantitative estimate of drug-likeness (QED) is 0.396. The number of nitrogens with zero attached hydrogens (tertiary/aromatic N) is 1. The van der Waals surface area contributed by atoms with Crippen molar-refractivity contribution in [3.63, 3.8) is 0 Å². The summed E-state index contributed by atoms with van der Waals surface area (Å²) in [5, 5.41) is 2.46. The van der Waals surface area contributed by atoms with E-state index >= 15 is 0 Å². The zero-order valence-electron chi connectivity index (χ0n) is 19.1. The van der Waals surface area contributed by atoms with Gasteiger partial charge in [0.15, 0.2) is 0 Å². The fourth-order valence-corrected chi connectivity index (χ4v) is 5.45. The van der Waals surface area contributed by atoms with Crippen LogP contribution in [0, 0.1) is 0 Å². The first-order valence-electron chi connectivity index (χ1n) is 12.0. The highest BCUT2D eigenvalue weighted by atomic mass is 16.5. The molecule has 0 spiro atoms.